The molecule has 0 radical (unpaired) electrons. The Balaban J connectivity index is 1.65. The SMILES string of the molecule is CCn1c(SCC(=O)Nc2ccccc2F)nnc1[C@@H](C)Oc1ccccc1Cl. The highest BCUT2D eigenvalue weighted by Crippen LogP contribution is 2.29. The summed E-state index contributed by atoms with van der Waals surface area (Å²) in [7, 11) is 0. The maximum absolute atomic E-state index is 13.7. The number of carbonyl (C=O) groups is 1. The molecule has 9 heteroatoms. The van der Waals surface area contributed by atoms with Crippen molar-refractivity contribution in [3.63, 3.8) is 0 Å². The van der Waals surface area contributed by atoms with Crippen LogP contribution in [0.15, 0.2) is 53.7 Å². The first-order valence-corrected chi connectivity index (χ1v) is 10.4. The van der Waals surface area contributed by atoms with Crippen LogP contribution in [-0.4, -0.2) is 26.4 Å². The molecule has 0 aliphatic carbocycles. The van der Waals surface area contributed by atoms with E-state index in [9.17, 15) is 9.18 Å². The molecule has 1 aromatic heterocycles. The lowest BCUT2D eigenvalue weighted by atomic mass is 10.3. The molecule has 0 fully saturated rings. The number of para-hydroxylation sites is 2. The standard InChI is InChI=1S/C20H20ClFN4O2S/c1-3-26-19(13(2)28-17-11-7-4-8-14(17)21)24-25-20(26)29-12-18(27)23-16-10-6-5-9-15(16)22/h4-11,13H,3,12H2,1-2H3,(H,23,27)/t13-/m1/s1. The normalized spacial score (nSPS) is 11.9. The van der Waals surface area contributed by atoms with Crippen molar-refractivity contribution in [1.29, 1.82) is 0 Å². The quantitative estimate of drug-likeness (QED) is 0.507. The monoisotopic (exact) mass is 434 g/mol. The van der Waals surface area contributed by atoms with Crippen molar-refractivity contribution in [2.24, 2.45) is 0 Å². The van der Waals surface area contributed by atoms with Gasteiger partial charge in [0.2, 0.25) is 5.91 Å². The third-order valence-corrected chi connectivity index (χ3v) is 5.33. The number of nitrogens with zero attached hydrogens (tertiary/aromatic N) is 3. The molecule has 0 bridgehead atoms. The molecule has 1 amide bonds. The molecule has 1 N–H and O–H groups in total. The number of hydrogen-bond donors (Lipinski definition) is 1. The van der Waals surface area contributed by atoms with Crippen LogP contribution in [-0.2, 0) is 11.3 Å². The van der Waals surface area contributed by atoms with E-state index in [1.165, 1.54) is 23.9 Å². The van der Waals surface area contributed by atoms with E-state index < -0.39 is 5.82 Å². The fourth-order valence-corrected chi connectivity index (χ4v) is 3.66. The number of nitrogens with one attached hydrogen (secondary N) is 1. The van der Waals surface area contributed by atoms with Crippen LogP contribution in [0.25, 0.3) is 0 Å². The van der Waals surface area contributed by atoms with E-state index in [4.69, 9.17) is 16.3 Å². The lowest BCUT2D eigenvalue weighted by molar-refractivity contribution is -0.113. The average molecular weight is 435 g/mol. The lowest BCUT2D eigenvalue weighted by Crippen LogP contribution is -2.16. The maximum Gasteiger partial charge on any atom is 0.234 e. The fraction of sp³-hybridized carbons (Fsp3) is 0.250. The zero-order valence-corrected chi connectivity index (χ0v) is 17.5. The summed E-state index contributed by atoms with van der Waals surface area (Å²) in [5.74, 6) is 0.463. The Hall–Kier alpha value is -2.58. The number of thioether (sulfide) groups is 1. The molecule has 3 aromatic rings. The third kappa shape index (κ3) is 5.27. The topological polar surface area (TPSA) is 69.0 Å². The molecule has 0 aliphatic heterocycles. The first kappa shape index (κ1) is 21.1. The van der Waals surface area contributed by atoms with Gasteiger partial charge in [-0.3, -0.25) is 4.79 Å². The van der Waals surface area contributed by atoms with E-state index in [2.05, 4.69) is 15.5 Å². The number of benzene rings is 2. The number of aromatic nitrogens is 3. The van der Waals surface area contributed by atoms with Gasteiger partial charge in [-0.2, -0.15) is 0 Å². The highest BCUT2D eigenvalue weighted by atomic mass is 35.5. The molecule has 0 saturated heterocycles. The molecule has 1 atom stereocenters. The number of hydrogen-bond acceptors (Lipinski definition) is 5. The molecule has 152 valence electrons. The van der Waals surface area contributed by atoms with E-state index in [0.29, 0.717) is 28.3 Å². The molecule has 0 unspecified atom stereocenters. The summed E-state index contributed by atoms with van der Waals surface area (Å²) in [5, 5.41) is 12.1. The third-order valence-electron chi connectivity index (χ3n) is 4.05. The highest BCUT2D eigenvalue weighted by Gasteiger charge is 2.20. The van der Waals surface area contributed by atoms with Crippen LogP contribution >= 0.6 is 23.4 Å². The van der Waals surface area contributed by atoms with Gasteiger partial charge in [-0.25, -0.2) is 4.39 Å². The van der Waals surface area contributed by atoms with Gasteiger partial charge in [-0.1, -0.05) is 47.6 Å². The first-order valence-electron chi connectivity index (χ1n) is 9.01. The molecule has 6 nitrogen and oxygen atoms in total. The molecular weight excluding hydrogens is 415 g/mol. The second kappa shape index (κ2) is 9.76. The number of halogens is 2. The van der Waals surface area contributed by atoms with E-state index in [1.807, 2.05) is 30.5 Å². The zero-order chi connectivity index (χ0) is 20.8. The van der Waals surface area contributed by atoms with Crippen molar-refractivity contribution < 1.29 is 13.9 Å². The van der Waals surface area contributed by atoms with Crippen LogP contribution in [0.3, 0.4) is 0 Å². The highest BCUT2D eigenvalue weighted by molar-refractivity contribution is 7.99. The number of ether oxygens (including phenoxy) is 1. The molecule has 3 rings (SSSR count). The summed E-state index contributed by atoms with van der Waals surface area (Å²) < 4.78 is 21.5. The van der Waals surface area contributed by atoms with Gasteiger partial charge in [-0.15, -0.1) is 10.2 Å². The predicted molar refractivity (Wildman–Crippen MR) is 112 cm³/mol. The van der Waals surface area contributed by atoms with Gasteiger partial charge in [-0.05, 0) is 38.1 Å². The van der Waals surface area contributed by atoms with E-state index in [1.54, 1.807) is 24.3 Å². The average Bonchev–Trinajstić information content (AvgIpc) is 3.13. The summed E-state index contributed by atoms with van der Waals surface area (Å²) in [6, 6.07) is 13.2. The van der Waals surface area contributed by atoms with Gasteiger partial charge < -0.3 is 14.6 Å². The minimum Gasteiger partial charge on any atom is -0.481 e. The molecule has 29 heavy (non-hydrogen) atoms. The van der Waals surface area contributed by atoms with E-state index in [0.717, 1.165) is 0 Å². The van der Waals surface area contributed by atoms with Crippen LogP contribution in [0, 0.1) is 5.82 Å². The van der Waals surface area contributed by atoms with Crippen molar-refractivity contribution in [2.75, 3.05) is 11.1 Å². The minimum absolute atomic E-state index is 0.0756. The van der Waals surface area contributed by atoms with Gasteiger partial charge in [0, 0.05) is 6.54 Å². The van der Waals surface area contributed by atoms with E-state index >= 15 is 0 Å². The fourth-order valence-electron chi connectivity index (χ4n) is 2.67. The van der Waals surface area contributed by atoms with Crippen LogP contribution in [0.1, 0.15) is 25.8 Å². The molecule has 0 spiro atoms. The largest absolute Gasteiger partial charge is 0.481 e. The zero-order valence-electron chi connectivity index (χ0n) is 15.9. The predicted octanol–water partition coefficient (Wildman–Crippen LogP) is 4.96. The summed E-state index contributed by atoms with van der Waals surface area (Å²) in [4.78, 5) is 12.2. The van der Waals surface area contributed by atoms with Gasteiger partial charge >= 0.3 is 0 Å². The van der Waals surface area contributed by atoms with Crippen LogP contribution in [0.5, 0.6) is 5.75 Å². The number of carbonyl (C=O) groups excluding carboxylic acids is 1. The van der Waals surface area contributed by atoms with Crippen molar-refractivity contribution in [1.82, 2.24) is 14.8 Å². The van der Waals surface area contributed by atoms with Crippen molar-refractivity contribution in [2.45, 2.75) is 31.7 Å². The van der Waals surface area contributed by atoms with Gasteiger partial charge in [0.05, 0.1) is 16.5 Å². The Labute approximate surface area is 177 Å². The Morgan fingerprint density at radius 2 is 1.97 bits per heavy atom. The Morgan fingerprint density at radius 1 is 1.24 bits per heavy atom. The Kier molecular flexibility index (Phi) is 7.11. The second-order valence-corrected chi connectivity index (χ2v) is 7.44. The number of rotatable bonds is 8. The van der Waals surface area contributed by atoms with Crippen molar-refractivity contribution in [3.05, 3.63) is 65.2 Å². The summed E-state index contributed by atoms with van der Waals surface area (Å²) in [6.45, 7) is 4.42. The maximum atomic E-state index is 13.7. The lowest BCUT2D eigenvalue weighted by Gasteiger charge is -2.16. The summed E-state index contributed by atoms with van der Waals surface area (Å²) >= 11 is 7.38. The van der Waals surface area contributed by atoms with Gasteiger partial charge in [0.15, 0.2) is 17.1 Å². The van der Waals surface area contributed by atoms with Gasteiger partial charge in [0.25, 0.3) is 0 Å². The molecule has 1 heterocycles. The molecule has 2 aromatic carbocycles. The molecule has 0 saturated carbocycles. The van der Waals surface area contributed by atoms with Crippen molar-refractivity contribution in [3.8, 4) is 5.75 Å². The van der Waals surface area contributed by atoms with Crippen LogP contribution < -0.4 is 10.1 Å². The minimum atomic E-state index is -0.476. The first-order chi connectivity index (χ1) is 14.0. The molecular formula is C20H20ClFN4O2S. The Bertz CT molecular complexity index is 998. The Morgan fingerprint density at radius 3 is 2.69 bits per heavy atom. The summed E-state index contributed by atoms with van der Waals surface area (Å²) in [6.07, 6.45) is -0.385. The summed E-state index contributed by atoms with van der Waals surface area (Å²) in [5.41, 5.74) is 0.150. The smallest absolute Gasteiger partial charge is 0.234 e. The van der Waals surface area contributed by atoms with Gasteiger partial charge in [0.1, 0.15) is 11.6 Å². The van der Waals surface area contributed by atoms with Crippen LogP contribution in [0.2, 0.25) is 5.02 Å². The van der Waals surface area contributed by atoms with Crippen molar-refractivity contribution >= 4 is 35.0 Å². The molecule has 0 aliphatic rings. The second-order valence-electron chi connectivity index (χ2n) is 6.09. The number of amides is 1. The van der Waals surface area contributed by atoms with E-state index in [-0.39, 0.29) is 23.5 Å². The number of anilines is 1. The van der Waals surface area contributed by atoms with Crippen LogP contribution in [0.4, 0.5) is 10.1 Å².